The van der Waals surface area contributed by atoms with Crippen LogP contribution in [0.3, 0.4) is 0 Å². The molecule has 1 saturated heterocycles. The fraction of sp³-hybridized carbons (Fsp3) is 0.269. The van der Waals surface area contributed by atoms with Crippen LogP contribution < -0.4 is 0 Å². The van der Waals surface area contributed by atoms with Crippen molar-refractivity contribution in [2.45, 2.75) is 18.2 Å². The summed E-state index contributed by atoms with van der Waals surface area (Å²) in [6.07, 6.45) is -0.239. The first-order valence-corrected chi connectivity index (χ1v) is 10.5. The summed E-state index contributed by atoms with van der Waals surface area (Å²) >= 11 is 0. The van der Waals surface area contributed by atoms with Crippen molar-refractivity contribution in [2.24, 2.45) is 0 Å². The number of hydrogen-bond acceptors (Lipinski definition) is 5. The largest absolute Gasteiger partial charge is 0.460 e. The van der Waals surface area contributed by atoms with Gasteiger partial charge in [-0.1, -0.05) is 91.0 Å². The molecule has 1 atom stereocenters. The molecule has 160 valence electrons. The van der Waals surface area contributed by atoms with Gasteiger partial charge in [0.15, 0.2) is 0 Å². The van der Waals surface area contributed by atoms with E-state index in [0.717, 1.165) is 13.1 Å². The fourth-order valence-corrected chi connectivity index (χ4v) is 3.90. The zero-order chi connectivity index (χ0) is 21.5. The number of morpholine rings is 1. The standard InChI is InChI=1S/C26H27NO4/c28-25(26(29,22-12-6-2-7-13-22)23-14-8-3-9-15-23)31-20-24-19-27(16-17-30-24)18-21-10-4-1-5-11-21/h1-15,24,29H,16-20H2. The van der Waals surface area contributed by atoms with Gasteiger partial charge in [0, 0.05) is 19.6 Å². The molecule has 5 heteroatoms. The Morgan fingerprint density at radius 3 is 2.06 bits per heavy atom. The lowest BCUT2D eigenvalue weighted by atomic mass is 9.86. The van der Waals surface area contributed by atoms with Crippen LogP contribution in [0, 0.1) is 0 Å². The van der Waals surface area contributed by atoms with Gasteiger partial charge in [-0.2, -0.15) is 0 Å². The molecule has 1 N–H and O–H groups in total. The molecular formula is C26H27NO4. The van der Waals surface area contributed by atoms with E-state index >= 15 is 0 Å². The fourth-order valence-electron chi connectivity index (χ4n) is 3.90. The van der Waals surface area contributed by atoms with Crippen LogP contribution in [0.4, 0.5) is 0 Å². The third-order valence-electron chi connectivity index (χ3n) is 5.55. The minimum absolute atomic E-state index is 0.0894. The van der Waals surface area contributed by atoms with E-state index in [1.165, 1.54) is 5.56 Å². The summed E-state index contributed by atoms with van der Waals surface area (Å²) < 4.78 is 11.4. The summed E-state index contributed by atoms with van der Waals surface area (Å²) in [5, 5.41) is 11.5. The van der Waals surface area contributed by atoms with Gasteiger partial charge in [0.1, 0.15) is 12.7 Å². The van der Waals surface area contributed by atoms with Gasteiger partial charge in [0.2, 0.25) is 5.60 Å². The number of carbonyl (C=O) groups excluding carboxylic acids is 1. The highest BCUT2D eigenvalue weighted by Gasteiger charge is 2.42. The van der Waals surface area contributed by atoms with E-state index in [9.17, 15) is 9.90 Å². The van der Waals surface area contributed by atoms with E-state index in [0.29, 0.717) is 24.3 Å². The molecule has 31 heavy (non-hydrogen) atoms. The van der Waals surface area contributed by atoms with E-state index in [4.69, 9.17) is 9.47 Å². The first-order chi connectivity index (χ1) is 15.2. The van der Waals surface area contributed by atoms with Crippen molar-refractivity contribution in [3.63, 3.8) is 0 Å². The van der Waals surface area contributed by atoms with Crippen LogP contribution in [0.5, 0.6) is 0 Å². The second-order valence-corrected chi connectivity index (χ2v) is 7.75. The smallest absolute Gasteiger partial charge is 0.347 e. The Bertz CT molecular complexity index is 923. The lowest BCUT2D eigenvalue weighted by Gasteiger charge is -2.33. The second kappa shape index (κ2) is 9.88. The molecule has 3 aromatic rings. The quantitative estimate of drug-likeness (QED) is 0.598. The van der Waals surface area contributed by atoms with Crippen LogP contribution in [0.2, 0.25) is 0 Å². The van der Waals surface area contributed by atoms with Crippen molar-refractivity contribution in [3.05, 3.63) is 108 Å². The van der Waals surface area contributed by atoms with E-state index in [1.807, 2.05) is 30.3 Å². The molecule has 0 bridgehead atoms. The summed E-state index contributed by atoms with van der Waals surface area (Å²) in [6, 6.07) is 28.1. The highest BCUT2D eigenvalue weighted by atomic mass is 16.6. The maximum absolute atomic E-state index is 13.1. The highest BCUT2D eigenvalue weighted by molar-refractivity contribution is 5.85. The number of carbonyl (C=O) groups is 1. The molecular weight excluding hydrogens is 390 g/mol. The number of aliphatic hydroxyl groups is 1. The molecule has 1 heterocycles. The van der Waals surface area contributed by atoms with Gasteiger partial charge in [-0.25, -0.2) is 4.79 Å². The van der Waals surface area contributed by atoms with E-state index < -0.39 is 11.6 Å². The molecule has 0 amide bonds. The van der Waals surface area contributed by atoms with Crippen molar-refractivity contribution in [1.29, 1.82) is 0 Å². The molecule has 0 aliphatic carbocycles. The van der Waals surface area contributed by atoms with Gasteiger partial charge in [0.25, 0.3) is 0 Å². The number of ether oxygens (including phenoxy) is 2. The van der Waals surface area contributed by atoms with Crippen LogP contribution in [-0.2, 0) is 26.4 Å². The monoisotopic (exact) mass is 417 g/mol. The minimum Gasteiger partial charge on any atom is -0.460 e. The zero-order valence-corrected chi connectivity index (χ0v) is 17.4. The van der Waals surface area contributed by atoms with Crippen LogP contribution in [-0.4, -0.2) is 48.4 Å². The number of hydrogen-bond donors (Lipinski definition) is 1. The van der Waals surface area contributed by atoms with Gasteiger partial charge in [-0.3, -0.25) is 4.90 Å². The van der Waals surface area contributed by atoms with Crippen molar-refractivity contribution in [1.82, 2.24) is 4.90 Å². The number of esters is 1. The molecule has 0 radical (unpaired) electrons. The predicted octanol–water partition coefficient (Wildman–Crippen LogP) is 3.37. The molecule has 5 nitrogen and oxygen atoms in total. The van der Waals surface area contributed by atoms with Gasteiger partial charge in [-0.05, 0) is 16.7 Å². The Labute approximate surface area is 182 Å². The summed E-state index contributed by atoms with van der Waals surface area (Å²) in [6.45, 7) is 2.99. The van der Waals surface area contributed by atoms with E-state index in [-0.39, 0.29) is 12.7 Å². The van der Waals surface area contributed by atoms with Crippen molar-refractivity contribution in [2.75, 3.05) is 26.3 Å². The molecule has 1 fully saturated rings. The van der Waals surface area contributed by atoms with Crippen molar-refractivity contribution in [3.8, 4) is 0 Å². The molecule has 1 aliphatic heterocycles. The van der Waals surface area contributed by atoms with Gasteiger partial charge < -0.3 is 14.6 Å². The average molecular weight is 418 g/mol. The molecule has 0 spiro atoms. The minimum atomic E-state index is -1.87. The molecule has 0 saturated carbocycles. The summed E-state index contributed by atoms with van der Waals surface area (Å²) in [5.74, 6) is -0.700. The Kier molecular flexibility index (Phi) is 6.77. The molecule has 4 rings (SSSR count). The number of rotatable bonds is 7. The van der Waals surface area contributed by atoms with Gasteiger partial charge >= 0.3 is 5.97 Å². The average Bonchev–Trinajstić information content (AvgIpc) is 2.84. The summed E-state index contributed by atoms with van der Waals surface area (Å²) in [4.78, 5) is 15.4. The van der Waals surface area contributed by atoms with Crippen LogP contribution in [0.1, 0.15) is 16.7 Å². The molecule has 3 aromatic carbocycles. The summed E-state index contributed by atoms with van der Waals surface area (Å²) in [5.41, 5.74) is 0.312. The molecule has 0 aromatic heterocycles. The van der Waals surface area contributed by atoms with E-state index in [2.05, 4.69) is 17.0 Å². The Morgan fingerprint density at radius 2 is 1.48 bits per heavy atom. The van der Waals surface area contributed by atoms with E-state index in [1.54, 1.807) is 48.5 Å². The van der Waals surface area contributed by atoms with Crippen molar-refractivity contribution < 1.29 is 19.4 Å². The lowest BCUT2D eigenvalue weighted by Crippen LogP contribution is -2.46. The topological polar surface area (TPSA) is 59.0 Å². The Hall–Kier alpha value is -2.99. The first-order valence-electron chi connectivity index (χ1n) is 10.5. The normalized spacial score (nSPS) is 17.3. The predicted molar refractivity (Wildman–Crippen MR) is 118 cm³/mol. The molecule has 1 aliphatic rings. The Balaban J connectivity index is 1.43. The first kappa shape index (κ1) is 21.2. The van der Waals surface area contributed by atoms with Gasteiger partial charge in [0.05, 0.1) is 6.61 Å². The number of nitrogens with zero attached hydrogens (tertiary/aromatic N) is 1. The van der Waals surface area contributed by atoms with Crippen LogP contribution >= 0.6 is 0 Å². The molecule has 1 unspecified atom stereocenters. The highest BCUT2D eigenvalue weighted by Crippen LogP contribution is 2.31. The van der Waals surface area contributed by atoms with Gasteiger partial charge in [-0.15, -0.1) is 0 Å². The summed E-state index contributed by atoms with van der Waals surface area (Å²) in [7, 11) is 0. The van der Waals surface area contributed by atoms with Crippen molar-refractivity contribution >= 4 is 5.97 Å². The maximum Gasteiger partial charge on any atom is 0.347 e. The third kappa shape index (κ3) is 5.02. The van der Waals surface area contributed by atoms with Crippen LogP contribution in [0.25, 0.3) is 0 Å². The lowest BCUT2D eigenvalue weighted by molar-refractivity contribution is -0.168. The maximum atomic E-state index is 13.1. The Morgan fingerprint density at radius 1 is 0.935 bits per heavy atom. The SMILES string of the molecule is O=C(OCC1CN(Cc2ccccc2)CCO1)C(O)(c1ccccc1)c1ccccc1. The number of benzene rings is 3. The van der Waals surface area contributed by atoms with Crippen LogP contribution in [0.15, 0.2) is 91.0 Å². The zero-order valence-electron chi connectivity index (χ0n) is 17.4. The third-order valence-corrected chi connectivity index (χ3v) is 5.55. The second-order valence-electron chi connectivity index (χ2n) is 7.75.